The summed E-state index contributed by atoms with van der Waals surface area (Å²) < 4.78 is 0. The van der Waals surface area contributed by atoms with Gasteiger partial charge in [0.1, 0.15) is 6.33 Å². The Kier molecular flexibility index (Phi) is 4.64. The van der Waals surface area contributed by atoms with E-state index in [0.717, 1.165) is 37.3 Å². The van der Waals surface area contributed by atoms with Gasteiger partial charge in [0, 0.05) is 48.0 Å². The summed E-state index contributed by atoms with van der Waals surface area (Å²) in [6.07, 6.45) is 7.98. The zero-order valence-electron chi connectivity index (χ0n) is 15.3. The Morgan fingerprint density at radius 2 is 1.79 bits per heavy atom. The molecule has 1 aliphatic heterocycles. The SMILES string of the molecule is c1ccc(-c2ccc(CN3CCc4cnc(-c5cncnc5)nc4C3)s2)cc1. The van der Waals surface area contributed by atoms with Crippen molar-refractivity contribution in [3.05, 3.63) is 83.5 Å². The molecule has 0 spiro atoms. The Bertz CT molecular complexity index is 1080. The van der Waals surface area contributed by atoms with Gasteiger partial charge in [-0.3, -0.25) is 4.90 Å². The predicted molar refractivity (Wildman–Crippen MR) is 111 cm³/mol. The molecule has 3 aromatic heterocycles. The number of hydrogen-bond acceptors (Lipinski definition) is 6. The molecule has 0 aliphatic carbocycles. The smallest absolute Gasteiger partial charge is 0.162 e. The van der Waals surface area contributed by atoms with Crippen LogP contribution in [0.2, 0.25) is 0 Å². The lowest BCUT2D eigenvalue weighted by Gasteiger charge is -2.27. The second-order valence-electron chi connectivity index (χ2n) is 6.89. The minimum atomic E-state index is 0.698. The first-order valence-corrected chi connectivity index (χ1v) is 10.1. The van der Waals surface area contributed by atoms with Gasteiger partial charge in [-0.15, -0.1) is 11.3 Å². The Balaban J connectivity index is 1.33. The average Bonchev–Trinajstić information content (AvgIpc) is 3.23. The lowest BCUT2D eigenvalue weighted by Crippen LogP contribution is -2.30. The maximum atomic E-state index is 4.80. The lowest BCUT2D eigenvalue weighted by atomic mass is 10.1. The van der Waals surface area contributed by atoms with Gasteiger partial charge in [0.15, 0.2) is 5.82 Å². The van der Waals surface area contributed by atoms with Crippen molar-refractivity contribution >= 4 is 11.3 Å². The van der Waals surface area contributed by atoms with E-state index >= 15 is 0 Å². The van der Waals surface area contributed by atoms with Gasteiger partial charge in [-0.1, -0.05) is 30.3 Å². The van der Waals surface area contributed by atoms with Crippen LogP contribution in [-0.4, -0.2) is 31.4 Å². The highest BCUT2D eigenvalue weighted by molar-refractivity contribution is 7.15. The molecule has 0 fully saturated rings. The van der Waals surface area contributed by atoms with E-state index < -0.39 is 0 Å². The van der Waals surface area contributed by atoms with E-state index in [-0.39, 0.29) is 0 Å². The predicted octanol–water partition coefficient (Wildman–Crippen LogP) is 4.22. The molecule has 1 aromatic carbocycles. The largest absolute Gasteiger partial charge is 0.292 e. The summed E-state index contributed by atoms with van der Waals surface area (Å²) in [4.78, 5) is 22.6. The van der Waals surface area contributed by atoms with Crippen molar-refractivity contribution in [2.24, 2.45) is 0 Å². The molecule has 0 N–H and O–H groups in total. The van der Waals surface area contributed by atoms with Crippen LogP contribution in [0.1, 0.15) is 16.1 Å². The number of benzene rings is 1. The fraction of sp³-hybridized carbons (Fsp3) is 0.182. The normalized spacial score (nSPS) is 14.0. The van der Waals surface area contributed by atoms with Gasteiger partial charge >= 0.3 is 0 Å². The Labute approximate surface area is 167 Å². The second-order valence-corrected chi connectivity index (χ2v) is 8.05. The molecule has 0 amide bonds. The zero-order chi connectivity index (χ0) is 18.8. The summed E-state index contributed by atoms with van der Waals surface area (Å²) in [6, 6.07) is 15.0. The van der Waals surface area contributed by atoms with Gasteiger partial charge in [-0.25, -0.2) is 19.9 Å². The molecular formula is C22H19N5S. The van der Waals surface area contributed by atoms with Crippen LogP contribution in [0.15, 0.2) is 67.4 Å². The van der Waals surface area contributed by atoms with Crippen molar-refractivity contribution in [1.29, 1.82) is 0 Å². The van der Waals surface area contributed by atoms with E-state index in [1.165, 1.54) is 27.2 Å². The summed E-state index contributed by atoms with van der Waals surface area (Å²) >= 11 is 1.87. The molecular weight excluding hydrogens is 366 g/mol. The maximum absolute atomic E-state index is 4.80. The molecule has 0 unspecified atom stereocenters. The third kappa shape index (κ3) is 3.56. The van der Waals surface area contributed by atoms with E-state index in [2.05, 4.69) is 62.3 Å². The number of thiophene rings is 1. The fourth-order valence-corrected chi connectivity index (χ4v) is 4.54. The van der Waals surface area contributed by atoms with Gasteiger partial charge in [0.2, 0.25) is 0 Å². The number of fused-ring (bicyclic) bond motifs is 1. The first kappa shape index (κ1) is 17.2. The number of aromatic nitrogens is 4. The van der Waals surface area contributed by atoms with Gasteiger partial charge in [0.25, 0.3) is 0 Å². The van der Waals surface area contributed by atoms with E-state index in [9.17, 15) is 0 Å². The zero-order valence-corrected chi connectivity index (χ0v) is 16.1. The van der Waals surface area contributed by atoms with Crippen molar-refractivity contribution in [2.75, 3.05) is 6.54 Å². The molecule has 5 nitrogen and oxygen atoms in total. The minimum Gasteiger partial charge on any atom is -0.292 e. The average molecular weight is 385 g/mol. The van der Waals surface area contributed by atoms with Gasteiger partial charge in [0.05, 0.1) is 11.3 Å². The van der Waals surface area contributed by atoms with Crippen LogP contribution < -0.4 is 0 Å². The summed E-state index contributed by atoms with van der Waals surface area (Å²) in [6.45, 7) is 2.82. The molecule has 5 rings (SSSR count). The highest BCUT2D eigenvalue weighted by Crippen LogP contribution is 2.29. The second kappa shape index (κ2) is 7.58. The maximum Gasteiger partial charge on any atom is 0.162 e. The summed E-state index contributed by atoms with van der Waals surface area (Å²) in [5.74, 6) is 0.698. The van der Waals surface area contributed by atoms with Gasteiger partial charge in [-0.2, -0.15) is 0 Å². The fourth-order valence-electron chi connectivity index (χ4n) is 3.49. The van der Waals surface area contributed by atoms with Crippen molar-refractivity contribution in [3.8, 4) is 21.8 Å². The monoisotopic (exact) mass is 385 g/mol. The standard InChI is InChI=1S/C22H19N5S/c1-2-4-16(5-3-1)21-7-6-19(28-21)13-27-9-8-17-12-25-22(26-20(17)14-27)18-10-23-15-24-11-18/h1-7,10-12,15H,8-9,13-14H2. The molecule has 0 saturated heterocycles. The van der Waals surface area contributed by atoms with Crippen molar-refractivity contribution in [3.63, 3.8) is 0 Å². The van der Waals surface area contributed by atoms with Crippen LogP contribution in [0, 0.1) is 0 Å². The molecule has 28 heavy (non-hydrogen) atoms. The third-order valence-electron chi connectivity index (χ3n) is 4.94. The Morgan fingerprint density at radius 1 is 0.929 bits per heavy atom. The van der Waals surface area contributed by atoms with Gasteiger partial charge in [-0.05, 0) is 29.7 Å². The van der Waals surface area contributed by atoms with E-state index in [0.29, 0.717) is 5.82 Å². The lowest BCUT2D eigenvalue weighted by molar-refractivity contribution is 0.243. The van der Waals surface area contributed by atoms with Crippen molar-refractivity contribution in [1.82, 2.24) is 24.8 Å². The van der Waals surface area contributed by atoms with E-state index in [1.54, 1.807) is 12.4 Å². The minimum absolute atomic E-state index is 0.698. The Morgan fingerprint density at radius 3 is 2.64 bits per heavy atom. The third-order valence-corrected chi connectivity index (χ3v) is 6.06. The highest BCUT2D eigenvalue weighted by atomic mass is 32.1. The number of hydrogen-bond donors (Lipinski definition) is 0. The number of rotatable bonds is 4. The van der Waals surface area contributed by atoms with Crippen molar-refractivity contribution < 1.29 is 0 Å². The summed E-state index contributed by atoms with van der Waals surface area (Å²) in [7, 11) is 0. The molecule has 4 heterocycles. The molecule has 0 radical (unpaired) electrons. The van der Waals surface area contributed by atoms with Crippen LogP contribution in [0.5, 0.6) is 0 Å². The van der Waals surface area contributed by atoms with Crippen LogP contribution in [0.4, 0.5) is 0 Å². The van der Waals surface area contributed by atoms with Crippen LogP contribution >= 0.6 is 11.3 Å². The molecule has 1 aliphatic rings. The topological polar surface area (TPSA) is 54.8 Å². The van der Waals surface area contributed by atoms with E-state index in [1.807, 2.05) is 17.5 Å². The number of nitrogens with zero attached hydrogens (tertiary/aromatic N) is 5. The molecule has 0 atom stereocenters. The molecule has 6 heteroatoms. The molecule has 138 valence electrons. The van der Waals surface area contributed by atoms with Crippen LogP contribution in [-0.2, 0) is 19.5 Å². The molecule has 0 bridgehead atoms. The van der Waals surface area contributed by atoms with E-state index in [4.69, 9.17) is 4.98 Å². The summed E-state index contributed by atoms with van der Waals surface area (Å²) in [5.41, 5.74) is 4.49. The highest BCUT2D eigenvalue weighted by Gasteiger charge is 2.19. The summed E-state index contributed by atoms with van der Waals surface area (Å²) in [5, 5.41) is 0. The van der Waals surface area contributed by atoms with Crippen LogP contribution in [0.25, 0.3) is 21.8 Å². The Hall–Kier alpha value is -2.96. The first-order valence-electron chi connectivity index (χ1n) is 9.32. The van der Waals surface area contributed by atoms with Crippen molar-refractivity contribution in [2.45, 2.75) is 19.5 Å². The first-order chi connectivity index (χ1) is 13.8. The quantitative estimate of drug-likeness (QED) is 0.526. The van der Waals surface area contributed by atoms with Crippen LogP contribution in [0.3, 0.4) is 0 Å². The molecule has 4 aromatic rings. The molecule has 0 saturated carbocycles. The van der Waals surface area contributed by atoms with Gasteiger partial charge < -0.3 is 0 Å².